The Kier molecular flexibility index (Phi) is 7.42. The molecule has 33 heavy (non-hydrogen) atoms. The number of hydrogen-bond donors (Lipinski definition) is 0. The van der Waals surface area contributed by atoms with Gasteiger partial charge >= 0.3 is 0 Å². The number of nitrogens with zero attached hydrogens (tertiary/aromatic N) is 4. The molecule has 9 nitrogen and oxygen atoms in total. The van der Waals surface area contributed by atoms with Gasteiger partial charge in [0.1, 0.15) is 23.7 Å². The first kappa shape index (κ1) is 23.4. The van der Waals surface area contributed by atoms with Crippen molar-refractivity contribution in [2.24, 2.45) is 0 Å². The smallest absolute Gasteiger partial charge is 0.274 e. The Balaban J connectivity index is 1.53. The van der Waals surface area contributed by atoms with Gasteiger partial charge in [-0.25, -0.2) is 4.98 Å². The fourth-order valence-electron chi connectivity index (χ4n) is 3.90. The molecule has 4 rings (SSSR count). The molecule has 2 saturated heterocycles. The highest BCUT2D eigenvalue weighted by Gasteiger charge is 2.42. The fourth-order valence-corrected chi connectivity index (χ4v) is 4.08. The first-order chi connectivity index (χ1) is 15.9. The van der Waals surface area contributed by atoms with Gasteiger partial charge in [-0.15, -0.1) is 0 Å². The standard InChI is InChI=1S/C23H27ClN4O5/c1-17-13-26-20(14-25-17)22(30)28-7-10-33-23(15-28,12-21(29)27-5-8-31-9-6-27)16-32-19-4-2-3-18(24)11-19/h2-4,11,13-14H,5-10,12,15-16H2,1H3/t23-/m1/s1. The number of rotatable bonds is 6. The quantitative estimate of drug-likeness (QED) is 0.631. The van der Waals surface area contributed by atoms with Gasteiger partial charge in [0.2, 0.25) is 5.91 Å². The van der Waals surface area contributed by atoms with E-state index in [1.165, 1.54) is 6.20 Å². The molecule has 0 bridgehead atoms. The molecule has 1 aromatic carbocycles. The van der Waals surface area contributed by atoms with E-state index in [1.807, 2.05) is 6.92 Å². The maximum atomic E-state index is 13.1. The molecule has 0 N–H and O–H groups in total. The lowest BCUT2D eigenvalue weighted by molar-refractivity contribution is -0.155. The molecule has 0 spiro atoms. The fraction of sp³-hybridized carbons (Fsp3) is 0.478. The van der Waals surface area contributed by atoms with E-state index in [0.717, 1.165) is 5.69 Å². The van der Waals surface area contributed by atoms with Crippen molar-refractivity contribution in [1.82, 2.24) is 19.8 Å². The lowest BCUT2D eigenvalue weighted by Crippen LogP contribution is -2.58. The van der Waals surface area contributed by atoms with E-state index in [1.54, 1.807) is 40.3 Å². The highest BCUT2D eigenvalue weighted by molar-refractivity contribution is 6.30. The van der Waals surface area contributed by atoms with E-state index in [2.05, 4.69) is 9.97 Å². The summed E-state index contributed by atoms with van der Waals surface area (Å²) in [6.45, 7) is 4.84. The van der Waals surface area contributed by atoms with Crippen molar-refractivity contribution in [3.8, 4) is 5.75 Å². The molecule has 0 radical (unpaired) electrons. The van der Waals surface area contributed by atoms with Crippen molar-refractivity contribution in [2.45, 2.75) is 18.9 Å². The van der Waals surface area contributed by atoms with Crippen LogP contribution in [0.2, 0.25) is 5.02 Å². The average molecular weight is 475 g/mol. The second-order valence-electron chi connectivity index (χ2n) is 8.22. The number of ether oxygens (including phenoxy) is 3. The number of halogens is 1. The maximum absolute atomic E-state index is 13.1. The van der Waals surface area contributed by atoms with E-state index in [9.17, 15) is 9.59 Å². The second kappa shape index (κ2) is 10.5. The van der Waals surface area contributed by atoms with Crippen LogP contribution in [0.3, 0.4) is 0 Å². The summed E-state index contributed by atoms with van der Waals surface area (Å²) in [6.07, 6.45) is 3.11. The van der Waals surface area contributed by atoms with Gasteiger partial charge in [-0.1, -0.05) is 17.7 Å². The lowest BCUT2D eigenvalue weighted by Gasteiger charge is -2.43. The van der Waals surface area contributed by atoms with E-state index < -0.39 is 5.60 Å². The van der Waals surface area contributed by atoms with Gasteiger partial charge in [0.05, 0.1) is 44.7 Å². The van der Waals surface area contributed by atoms with Crippen LogP contribution in [0.5, 0.6) is 5.75 Å². The van der Waals surface area contributed by atoms with Gasteiger partial charge in [0.25, 0.3) is 5.91 Å². The Morgan fingerprint density at radius 3 is 2.64 bits per heavy atom. The zero-order chi connectivity index (χ0) is 23.3. The number of amides is 2. The van der Waals surface area contributed by atoms with Crippen LogP contribution in [0.1, 0.15) is 22.6 Å². The van der Waals surface area contributed by atoms with Crippen LogP contribution in [0.4, 0.5) is 0 Å². The number of aryl methyl sites for hydroxylation is 1. The molecular weight excluding hydrogens is 448 g/mol. The molecule has 0 aliphatic carbocycles. The van der Waals surface area contributed by atoms with Crippen molar-refractivity contribution < 1.29 is 23.8 Å². The minimum atomic E-state index is -1.01. The normalized spacial score (nSPS) is 21.0. The molecule has 3 heterocycles. The van der Waals surface area contributed by atoms with Crippen LogP contribution in [-0.4, -0.2) is 89.8 Å². The van der Waals surface area contributed by atoms with Gasteiger partial charge in [-0.05, 0) is 25.1 Å². The Labute approximate surface area is 197 Å². The van der Waals surface area contributed by atoms with E-state index >= 15 is 0 Å². The third-order valence-electron chi connectivity index (χ3n) is 5.67. The van der Waals surface area contributed by atoms with Crippen molar-refractivity contribution in [2.75, 3.05) is 52.6 Å². The predicted molar refractivity (Wildman–Crippen MR) is 120 cm³/mol. The Hall–Kier alpha value is -2.75. The first-order valence-corrected chi connectivity index (χ1v) is 11.3. The molecule has 1 aromatic heterocycles. The Bertz CT molecular complexity index is 983. The van der Waals surface area contributed by atoms with E-state index in [-0.39, 0.29) is 43.7 Å². The van der Waals surface area contributed by atoms with E-state index in [4.69, 9.17) is 25.8 Å². The number of benzene rings is 1. The largest absolute Gasteiger partial charge is 0.490 e. The van der Waals surface area contributed by atoms with Crippen LogP contribution in [0.25, 0.3) is 0 Å². The molecule has 176 valence electrons. The minimum absolute atomic E-state index is 0.0579. The highest BCUT2D eigenvalue weighted by Crippen LogP contribution is 2.27. The van der Waals surface area contributed by atoms with Gasteiger partial charge in [0.15, 0.2) is 0 Å². The summed E-state index contributed by atoms with van der Waals surface area (Å²) >= 11 is 6.08. The number of carbonyl (C=O) groups excluding carboxylic acids is 2. The molecule has 2 aliphatic rings. The third kappa shape index (κ3) is 5.98. The summed E-state index contributed by atoms with van der Waals surface area (Å²) in [5.41, 5.74) is -0.0235. The number of carbonyl (C=O) groups is 2. The summed E-state index contributed by atoms with van der Waals surface area (Å²) in [4.78, 5) is 38.0. The first-order valence-electron chi connectivity index (χ1n) is 10.9. The molecule has 0 saturated carbocycles. The molecule has 10 heteroatoms. The van der Waals surface area contributed by atoms with Crippen molar-refractivity contribution >= 4 is 23.4 Å². The van der Waals surface area contributed by atoms with Crippen molar-refractivity contribution in [3.63, 3.8) is 0 Å². The summed E-state index contributed by atoms with van der Waals surface area (Å²) in [7, 11) is 0. The zero-order valence-electron chi connectivity index (χ0n) is 18.5. The van der Waals surface area contributed by atoms with Gasteiger partial charge in [-0.3, -0.25) is 14.6 Å². The van der Waals surface area contributed by atoms with Crippen LogP contribution in [-0.2, 0) is 14.3 Å². The van der Waals surface area contributed by atoms with Crippen LogP contribution in [0.15, 0.2) is 36.7 Å². The van der Waals surface area contributed by atoms with Gasteiger partial charge in [-0.2, -0.15) is 0 Å². The third-order valence-corrected chi connectivity index (χ3v) is 5.91. The van der Waals surface area contributed by atoms with Crippen molar-refractivity contribution in [1.29, 1.82) is 0 Å². The van der Waals surface area contributed by atoms with Crippen LogP contribution < -0.4 is 4.74 Å². The monoisotopic (exact) mass is 474 g/mol. The Morgan fingerprint density at radius 2 is 1.91 bits per heavy atom. The average Bonchev–Trinajstić information content (AvgIpc) is 2.84. The second-order valence-corrected chi connectivity index (χ2v) is 8.65. The molecule has 2 amide bonds. The summed E-state index contributed by atoms with van der Waals surface area (Å²) in [6, 6.07) is 7.03. The summed E-state index contributed by atoms with van der Waals surface area (Å²) in [5.74, 6) is 0.256. The van der Waals surface area contributed by atoms with Gasteiger partial charge < -0.3 is 24.0 Å². The summed E-state index contributed by atoms with van der Waals surface area (Å²) < 4.78 is 17.5. The Morgan fingerprint density at radius 1 is 1.12 bits per heavy atom. The topological polar surface area (TPSA) is 94.1 Å². The predicted octanol–water partition coefficient (Wildman–Crippen LogP) is 1.98. The zero-order valence-corrected chi connectivity index (χ0v) is 19.3. The number of hydrogen-bond acceptors (Lipinski definition) is 7. The van der Waals surface area contributed by atoms with Gasteiger partial charge in [0, 0.05) is 30.9 Å². The highest BCUT2D eigenvalue weighted by atomic mass is 35.5. The maximum Gasteiger partial charge on any atom is 0.274 e. The van der Waals surface area contributed by atoms with Crippen LogP contribution >= 0.6 is 11.6 Å². The SMILES string of the molecule is Cc1cnc(C(=O)N2CCO[C@](COc3cccc(Cl)c3)(CC(=O)N3CCOCC3)C2)cn1. The molecule has 0 unspecified atom stereocenters. The summed E-state index contributed by atoms with van der Waals surface area (Å²) in [5, 5.41) is 0.547. The molecule has 2 fully saturated rings. The van der Waals surface area contributed by atoms with Crippen molar-refractivity contribution in [3.05, 3.63) is 53.1 Å². The molecule has 1 atom stereocenters. The molecular formula is C23H27ClN4O5. The van der Waals surface area contributed by atoms with E-state index in [0.29, 0.717) is 43.6 Å². The number of aromatic nitrogens is 2. The molecule has 2 aromatic rings. The van der Waals surface area contributed by atoms with Crippen LogP contribution in [0, 0.1) is 6.92 Å². The minimum Gasteiger partial charge on any atom is -0.490 e. The lowest BCUT2D eigenvalue weighted by atomic mass is 9.96. The molecule has 2 aliphatic heterocycles. The number of morpholine rings is 2.